The lowest BCUT2D eigenvalue weighted by Gasteiger charge is -2.31. The molecule has 32 heavy (non-hydrogen) atoms. The Bertz CT molecular complexity index is 919. The number of esters is 2. The summed E-state index contributed by atoms with van der Waals surface area (Å²) in [6.45, 7) is 11.1. The van der Waals surface area contributed by atoms with Gasteiger partial charge in [0.15, 0.2) is 0 Å². The number of rotatable bonds is 5. The van der Waals surface area contributed by atoms with Gasteiger partial charge >= 0.3 is 11.9 Å². The number of nitrogens with one attached hydrogen (secondary N) is 1. The molecule has 176 valence electrons. The molecule has 1 N–H and O–H groups in total. The zero-order valence-corrected chi connectivity index (χ0v) is 20.1. The highest BCUT2D eigenvalue weighted by atomic mass is 16.6. The van der Waals surface area contributed by atoms with Crippen molar-refractivity contribution >= 4 is 23.8 Å². The Morgan fingerprint density at radius 3 is 1.81 bits per heavy atom. The fourth-order valence-corrected chi connectivity index (χ4v) is 4.55. The summed E-state index contributed by atoms with van der Waals surface area (Å²) in [6.07, 6.45) is 3.20. The first-order valence-corrected chi connectivity index (χ1v) is 11.2. The van der Waals surface area contributed by atoms with Crippen molar-refractivity contribution in [1.29, 1.82) is 0 Å². The molecule has 2 amide bonds. The molecule has 1 saturated carbocycles. The predicted molar refractivity (Wildman–Crippen MR) is 117 cm³/mol. The number of cyclic esters (lactones) is 2. The topological polar surface area (TPSA) is 102 Å². The zero-order chi connectivity index (χ0) is 24.0. The molecule has 0 aromatic rings. The Labute approximate surface area is 189 Å². The van der Waals surface area contributed by atoms with Crippen molar-refractivity contribution in [2.45, 2.75) is 84.5 Å². The van der Waals surface area contributed by atoms with Gasteiger partial charge in [-0.2, -0.15) is 0 Å². The second-order valence-corrected chi connectivity index (χ2v) is 10.2. The van der Waals surface area contributed by atoms with Gasteiger partial charge in [0.2, 0.25) is 0 Å². The molecule has 2 aliphatic heterocycles. The number of carbonyl (C=O) groups excluding carboxylic acids is 4. The van der Waals surface area contributed by atoms with Crippen LogP contribution >= 0.6 is 0 Å². The molecular formula is C24H34N2O6. The van der Waals surface area contributed by atoms with Crippen LogP contribution in [0.3, 0.4) is 0 Å². The maximum absolute atomic E-state index is 12.9. The number of ether oxygens (including phenoxy) is 2. The number of hydrogen-bond donors (Lipinski definition) is 1. The third-order valence-electron chi connectivity index (χ3n) is 7.16. The van der Waals surface area contributed by atoms with Gasteiger partial charge in [0.05, 0.1) is 0 Å². The molecule has 0 aromatic carbocycles. The maximum Gasteiger partial charge on any atom is 0.344 e. The molecule has 8 heteroatoms. The van der Waals surface area contributed by atoms with Gasteiger partial charge in [-0.15, -0.1) is 0 Å². The number of amides is 2. The van der Waals surface area contributed by atoms with Crippen LogP contribution in [0.25, 0.3) is 0 Å². The molecule has 0 bridgehead atoms. The largest absolute Gasteiger partial charge is 0.451 e. The SMILES string of the molecule is CC1=C(C(=O)NC2CCC(CN(C)C(=O)C3=C(C)C(C)(C)OC3=O)CC2)C(=O)OC1(C)C. The molecule has 0 unspecified atom stereocenters. The molecule has 3 rings (SSSR count). The van der Waals surface area contributed by atoms with E-state index in [1.807, 2.05) is 0 Å². The normalized spacial score (nSPS) is 26.7. The van der Waals surface area contributed by atoms with E-state index in [9.17, 15) is 19.2 Å². The van der Waals surface area contributed by atoms with E-state index in [1.165, 1.54) is 0 Å². The summed E-state index contributed by atoms with van der Waals surface area (Å²) in [5, 5.41) is 2.97. The zero-order valence-electron chi connectivity index (χ0n) is 20.1. The van der Waals surface area contributed by atoms with Crippen molar-refractivity contribution in [3.05, 3.63) is 22.3 Å². The van der Waals surface area contributed by atoms with Gasteiger partial charge in [0.1, 0.15) is 22.3 Å². The molecule has 0 spiro atoms. The second kappa shape index (κ2) is 8.37. The number of nitrogens with zero attached hydrogens (tertiary/aromatic N) is 1. The lowest BCUT2D eigenvalue weighted by atomic mass is 9.85. The van der Waals surface area contributed by atoms with Gasteiger partial charge < -0.3 is 19.7 Å². The number of likely N-dealkylation sites (N-methyl/N-ethyl adjacent to an activating group) is 1. The smallest absolute Gasteiger partial charge is 0.344 e. The molecule has 8 nitrogen and oxygen atoms in total. The Hall–Kier alpha value is -2.64. The van der Waals surface area contributed by atoms with Crippen LogP contribution in [0.15, 0.2) is 22.3 Å². The summed E-state index contributed by atoms with van der Waals surface area (Å²) in [7, 11) is 1.71. The lowest BCUT2D eigenvalue weighted by Crippen LogP contribution is -2.41. The van der Waals surface area contributed by atoms with Gasteiger partial charge in [0.25, 0.3) is 11.8 Å². The van der Waals surface area contributed by atoms with E-state index in [-0.39, 0.29) is 34.9 Å². The highest BCUT2D eigenvalue weighted by Gasteiger charge is 2.43. The monoisotopic (exact) mass is 446 g/mol. The molecule has 1 fully saturated rings. The van der Waals surface area contributed by atoms with Crippen LogP contribution in [0.2, 0.25) is 0 Å². The van der Waals surface area contributed by atoms with Crippen LogP contribution in [0.5, 0.6) is 0 Å². The van der Waals surface area contributed by atoms with Crippen molar-refractivity contribution in [3.63, 3.8) is 0 Å². The second-order valence-electron chi connectivity index (χ2n) is 10.2. The molecule has 1 aliphatic carbocycles. The van der Waals surface area contributed by atoms with E-state index < -0.39 is 23.1 Å². The maximum atomic E-state index is 12.9. The van der Waals surface area contributed by atoms with E-state index in [2.05, 4.69) is 5.32 Å². The van der Waals surface area contributed by atoms with Crippen molar-refractivity contribution < 1.29 is 28.7 Å². The molecule has 0 radical (unpaired) electrons. The van der Waals surface area contributed by atoms with Gasteiger partial charge in [-0.05, 0) is 84.3 Å². The van der Waals surface area contributed by atoms with Crippen molar-refractivity contribution in [3.8, 4) is 0 Å². The minimum absolute atomic E-state index is 0.0212. The van der Waals surface area contributed by atoms with Gasteiger partial charge in [-0.1, -0.05) is 0 Å². The van der Waals surface area contributed by atoms with Crippen LogP contribution in [0, 0.1) is 5.92 Å². The number of carbonyl (C=O) groups is 4. The average Bonchev–Trinajstić information content (AvgIpc) is 3.01. The molecule has 0 atom stereocenters. The van der Waals surface area contributed by atoms with E-state index in [0.717, 1.165) is 25.7 Å². The Balaban J connectivity index is 1.53. The predicted octanol–water partition coefficient (Wildman–Crippen LogP) is 2.42. The summed E-state index contributed by atoms with van der Waals surface area (Å²) in [4.78, 5) is 51.4. The van der Waals surface area contributed by atoms with E-state index in [1.54, 1.807) is 53.5 Å². The van der Waals surface area contributed by atoms with Crippen LogP contribution < -0.4 is 5.32 Å². The highest BCUT2D eigenvalue weighted by molar-refractivity contribution is 6.19. The van der Waals surface area contributed by atoms with Crippen LogP contribution in [0.1, 0.15) is 67.2 Å². The third-order valence-corrected chi connectivity index (χ3v) is 7.16. The highest BCUT2D eigenvalue weighted by Crippen LogP contribution is 2.34. The molecule has 0 saturated heterocycles. The summed E-state index contributed by atoms with van der Waals surface area (Å²) in [5.41, 5.74) is 0.0308. The molecule has 2 heterocycles. The third kappa shape index (κ3) is 4.45. The van der Waals surface area contributed by atoms with Crippen molar-refractivity contribution in [2.75, 3.05) is 13.6 Å². The van der Waals surface area contributed by atoms with Crippen molar-refractivity contribution in [2.24, 2.45) is 5.92 Å². The lowest BCUT2D eigenvalue weighted by molar-refractivity contribution is -0.147. The van der Waals surface area contributed by atoms with E-state index >= 15 is 0 Å². The van der Waals surface area contributed by atoms with Gasteiger partial charge in [-0.3, -0.25) is 9.59 Å². The summed E-state index contributed by atoms with van der Waals surface area (Å²) in [5.74, 6) is -1.54. The fourth-order valence-electron chi connectivity index (χ4n) is 4.55. The fraction of sp³-hybridized carbons (Fsp3) is 0.667. The van der Waals surface area contributed by atoms with E-state index in [4.69, 9.17) is 9.47 Å². The van der Waals surface area contributed by atoms with Crippen LogP contribution in [0.4, 0.5) is 0 Å². The van der Waals surface area contributed by atoms with E-state index in [0.29, 0.717) is 17.7 Å². The van der Waals surface area contributed by atoms with Crippen LogP contribution in [-0.2, 0) is 28.7 Å². The molecular weight excluding hydrogens is 412 g/mol. The van der Waals surface area contributed by atoms with Gasteiger partial charge in [-0.25, -0.2) is 9.59 Å². The minimum atomic E-state index is -0.757. The first kappa shape index (κ1) is 24.0. The Morgan fingerprint density at radius 1 is 0.906 bits per heavy atom. The summed E-state index contributed by atoms with van der Waals surface area (Å²) in [6, 6.07) is -0.0212. The Kier molecular flexibility index (Phi) is 6.28. The average molecular weight is 447 g/mol. The standard InChI is InChI=1S/C24H34N2O6/c1-13-17(21(29)31-23(13,3)4)19(27)25-16-10-8-15(9-11-16)12-26(7)20(28)18-14(2)24(5,6)32-22(18)30/h15-16H,8-12H2,1-7H3,(H,25,27). The minimum Gasteiger partial charge on any atom is -0.451 e. The molecule has 0 aromatic heterocycles. The summed E-state index contributed by atoms with van der Waals surface area (Å²) >= 11 is 0. The van der Waals surface area contributed by atoms with Crippen LogP contribution in [-0.4, -0.2) is 59.5 Å². The van der Waals surface area contributed by atoms with Gasteiger partial charge in [0, 0.05) is 19.6 Å². The first-order valence-electron chi connectivity index (χ1n) is 11.2. The van der Waals surface area contributed by atoms with Crippen molar-refractivity contribution in [1.82, 2.24) is 10.2 Å². The number of hydrogen-bond acceptors (Lipinski definition) is 6. The summed E-state index contributed by atoms with van der Waals surface area (Å²) < 4.78 is 10.6. The first-order chi connectivity index (χ1) is 14.7. The quantitative estimate of drug-likeness (QED) is 0.514. The Morgan fingerprint density at radius 2 is 1.38 bits per heavy atom. The molecule has 3 aliphatic rings.